The molecule has 2 unspecified atom stereocenters. The topological polar surface area (TPSA) is 37.4 Å². The molecule has 1 aliphatic heterocycles. The van der Waals surface area contributed by atoms with E-state index < -0.39 is 9.84 Å². The lowest BCUT2D eigenvalue weighted by Crippen LogP contribution is -2.56. The summed E-state index contributed by atoms with van der Waals surface area (Å²) in [6.07, 6.45) is 0. The van der Waals surface area contributed by atoms with Crippen molar-refractivity contribution in [2.75, 3.05) is 18.6 Å². The van der Waals surface area contributed by atoms with Gasteiger partial charge in [-0.3, -0.25) is 4.90 Å². The van der Waals surface area contributed by atoms with E-state index in [1.807, 2.05) is 0 Å². The van der Waals surface area contributed by atoms with Crippen LogP contribution in [0, 0.1) is 11.8 Å². The first kappa shape index (κ1) is 13.0. The summed E-state index contributed by atoms with van der Waals surface area (Å²) >= 11 is 0. The summed E-state index contributed by atoms with van der Waals surface area (Å²) in [6.45, 7) is 8.39. The Morgan fingerprint density at radius 2 is 1.33 bits per heavy atom. The normalized spacial score (nSPS) is 32.5. The fourth-order valence-electron chi connectivity index (χ4n) is 2.39. The highest BCUT2D eigenvalue weighted by Gasteiger charge is 2.38. The lowest BCUT2D eigenvalue weighted by Gasteiger charge is -2.43. The molecule has 0 bridgehead atoms. The maximum Gasteiger partial charge on any atom is 0.153 e. The van der Waals surface area contributed by atoms with Gasteiger partial charge in [0.05, 0.1) is 11.5 Å². The Morgan fingerprint density at radius 3 is 1.60 bits per heavy atom. The maximum absolute atomic E-state index is 11.8. The quantitative estimate of drug-likeness (QED) is 0.723. The third-order valence-corrected chi connectivity index (χ3v) is 5.13. The Balaban J connectivity index is 2.94. The number of hydrogen-bond donors (Lipinski definition) is 0. The number of nitrogens with zero attached hydrogens (tertiary/aromatic N) is 1. The molecule has 0 radical (unpaired) electrons. The fraction of sp³-hybridized carbons (Fsp3) is 1.00. The van der Waals surface area contributed by atoms with Crippen molar-refractivity contribution < 1.29 is 8.42 Å². The molecule has 0 aliphatic carbocycles. The van der Waals surface area contributed by atoms with E-state index in [4.69, 9.17) is 0 Å². The second-order valence-electron chi connectivity index (χ2n) is 5.37. The second kappa shape index (κ2) is 4.42. The van der Waals surface area contributed by atoms with Crippen LogP contribution in [0.3, 0.4) is 0 Å². The molecule has 0 aromatic rings. The van der Waals surface area contributed by atoms with Crippen LogP contribution in [0.2, 0.25) is 0 Å². The van der Waals surface area contributed by atoms with Crippen LogP contribution < -0.4 is 0 Å². The van der Waals surface area contributed by atoms with Crippen molar-refractivity contribution in [1.82, 2.24) is 4.90 Å². The van der Waals surface area contributed by atoms with Crippen molar-refractivity contribution in [2.45, 2.75) is 39.8 Å². The molecule has 15 heavy (non-hydrogen) atoms. The molecule has 0 saturated carbocycles. The highest BCUT2D eigenvalue weighted by atomic mass is 32.2. The van der Waals surface area contributed by atoms with Crippen molar-refractivity contribution in [3.05, 3.63) is 0 Å². The van der Waals surface area contributed by atoms with Gasteiger partial charge in [-0.1, -0.05) is 27.7 Å². The van der Waals surface area contributed by atoms with Crippen LogP contribution in [0.1, 0.15) is 27.7 Å². The first-order valence-corrected chi connectivity index (χ1v) is 7.49. The van der Waals surface area contributed by atoms with E-state index in [1.54, 1.807) is 0 Å². The highest BCUT2D eigenvalue weighted by molar-refractivity contribution is 7.91. The van der Waals surface area contributed by atoms with Crippen LogP contribution in [0.4, 0.5) is 0 Å². The Kier molecular flexibility index (Phi) is 3.82. The van der Waals surface area contributed by atoms with Crippen LogP contribution in [0.15, 0.2) is 0 Å². The van der Waals surface area contributed by atoms with Gasteiger partial charge in [0, 0.05) is 12.1 Å². The molecule has 4 heteroatoms. The van der Waals surface area contributed by atoms with Crippen molar-refractivity contribution in [3.8, 4) is 0 Å². The van der Waals surface area contributed by atoms with Gasteiger partial charge in [-0.2, -0.15) is 0 Å². The van der Waals surface area contributed by atoms with Gasteiger partial charge in [0.2, 0.25) is 0 Å². The standard InChI is InChI=1S/C11H23NO2S/c1-8(2)10-6-15(13,14)7-11(9(3)4)12(10)5/h8-11H,6-7H2,1-5H3. The Morgan fingerprint density at radius 1 is 1.00 bits per heavy atom. The van der Waals surface area contributed by atoms with E-state index in [-0.39, 0.29) is 12.1 Å². The largest absolute Gasteiger partial charge is 0.298 e. The SMILES string of the molecule is CC(C)C1CS(=O)(=O)CC(C(C)C)N1C. The molecule has 2 atom stereocenters. The maximum atomic E-state index is 11.8. The van der Waals surface area contributed by atoms with Gasteiger partial charge in [-0.15, -0.1) is 0 Å². The smallest absolute Gasteiger partial charge is 0.153 e. The molecule has 0 spiro atoms. The molecule has 0 aromatic heterocycles. The summed E-state index contributed by atoms with van der Waals surface area (Å²) in [5.41, 5.74) is 0. The van der Waals surface area contributed by atoms with Crippen molar-refractivity contribution >= 4 is 9.84 Å². The van der Waals surface area contributed by atoms with Crippen molar-refractivity contribution in [1.29, 1.82) is 0 Å². The number of hydrogen-bond acceptors (Lipinski definition) is 3. The Labute approximate surface area is 93.8 Å². The van der Waals surface area contributed by atoms with E-state index in [0.717, 1.165) is 0 Å². The van der Waals surface area contributed by atoms with E-state index in [2.05, 4.69) is 39.6 Å². The molecule has 1 aliphatic rings. The van der Waals surface area contributed by atoms with E-state index in [1.165, 1.54) is 0 Å². The minimum Gasteiger partial charge on any atom is -0.298 e. The minimum atomic E-state index is -2.85. The molecule has 1 saturated heterocycles. The molecule has 0 aromatic carbocycles. The van der Waals surface area contributed by atoms with Gasteiger partial charge in [-0.25, -0.2) is 8.42 Å². The van der Waals surface area contributed by atoms with E-state index in [0.29, 0.717) is 23.3 Å². The minimum absolute atomic E-state index is 0.177. The van der Waals surface area contributed by atoms with Crippen LogP contribution in [0.5, 0.6) is 0 Å². The molecule has 0 N–H and O–H groups in total. The van der Waals surface area contributed by atoms with Gasteiger partial charge in [0.25, 0.3) is 0 Å². The van der Waals surface area contributed by atoms with Gasteiger partial charge >= 0.3 is 0 Å². The molecular formula is C11H23NO2S. The molecule has 0 amide bonds. The Bertz CT molecular complexity index is 285. The van der Waals surface area contributed by atoms with Gasteiger partial charge in [-0.05, 0) is 18.9 Å². The van der Waals surface area contributed by atoms with Crippen LogP contribution in [0.25, 0.3) is 0 Å². The van der Waals surface area contributed by atoms with Gasteiger partial charge in [0.1, 0.15) is 0 Å². The molecule has 1 fully saturated rings. The summed E-state index contributed by atoms with van der Waals surface area (Å²) in [7, 11) is -0.786. The first-order valence-electron chi connectivity index (χ1n) is 5.67. The van der Waals surface area contributed by atoms with Crippen LogP contribution in [-0.4, -0.2) is 44.0 Å². The first-order chi connectivity index (χ1) is 6.74. The van der Waals surface area contributed by atoms with Crippen LogP contribution in [-0.2, 0) is 9.84 Å². The molecule has 1 rings (SSSR count). The number of rotatable bonds is 2. The van der Waals surface area contributed by atoms with Crippen LogP contribution >= 0.6 is 0 Å². The lowest BCUT2D eigenvalue weighted by atomic mass is 9.98. The molecular weight excluding hydrogens is 210 g/mol. The summed E-state index contributed by atoms with van der Waals surface area (Å²) in [4.78, 5) is 2.26. The fourth-order valence-corrected chi connectivity index (χ4v) is 4.81. The highest BCUT2D eigenvalue weighted by Crippen LogP contribution is 2.25. The zero-order chi connectivity index (χ0) is 11.8. The zero-order valence-corrected chi connectivity index (χ0v) is 11.2. The van der Waals surface area contributed by atoms with Gasteiger partial charge in [0.15, 0.2) is 9.84 Å². The lowest BCUT2D eigenvalue weighted by molar-refractivity contribution is 0.122. The van der Waals surface area contributed by atoms with Crippen molar-refractivity contribution in [3.63, 3.8) is 0 Å². The molecule has 3 nitrogen and oxygen atoms in total. The predicted octanol–water partition coefficient (Wildman–Crippen LogP) is 1.40. The number of sulfone groups is 1. The summed E-state index contributed by atoms with van der Waals surface area (Å²) in [6, 6.07) is 0.354. The molecule has 90 valence electrons. The second-order valence-corrected chi connectivity index (χ2v) is 7.52. The third kappa shape index (κ3) is 2.94. The average molecular weight is 233 g/mol. The third-order valence-electron chi connectivity index (χ3n) is 3.43. The Hall–Kier alpha value is -0.0900. The summed E-state index contributed by atoms with van der Waals surface area (Å²) in [5.74, 6) is 1.44. The predicted molar refractivity (Wildman–Crippen MR) is 63.7 cm³/mol. The average Bonchev–Trinajstić information content (AvgIpc) is 2.07. The summed E-state index contributed by atoms with van der Waals surface area (Å²) in [5, 5.41) is 0. The van der Waals surface area contributed by atoms with E-state index in [9.17, 15) is 8.42 Å². The van der Waals surface area contributed by atoms with E-state index >= 15 is 0 Å². The summed E-state index contributed by atoms with van der Waals surface area (Å²) < 4.78 is 23.6. The zero-order valence-electron chi connectivity index (χ0n) is 10.4. The monoisotopic (exact) mass is 233 g/mol. The molecule has 1 heterocycles. The van der Waals surface area contributed by atoms with Crippen molar-refractivity contribution in [2.24, 2.45) is 11.8 Å². The van der Waals surface area contributed by atoms with Gasteiger partial charge < -0.3 is 0 Å².